The first-order chi connectivity index (χ1) is 9.44. The van der Waals surface area contributed by atoms with Crippen LogP contribution in [-0.4, -0.2) is 11.0 Å². The monoisotopic (exact) mass is 282 g/mol. The second kappa shape index (κ2) is 5.69. The molecule has 0 radical (unpaired) electrons. The zero-order valence-electron chi connectivity index (χ0n) is 11.5. The normalized spacial score (nSPS) is 12.1. The fraction of sp³-hybridized carbons (Fsp3) is 0.400. The van der Waals surface area contributed by atoms with E-state index in [1.54, 1.807) is 12.1 Å². The molecule has 2 aromatic rings. The largest absolute Gasteiger partial charge is 0.416 e. The van der Waals surface area contributed by atoms with Gasteiger partial charge < -0.3 is 5.32 Å². The van der Waals surface area contributed by atoms with Gasteiger partial charge in [-0.3, -0.25) is 0 Å². The van der Waals surface area contributed by atoms with Crippen molar-refractivity contribution in [2.24, 2.45) is 0 Å². The van der Waals surface area contributed by atoms with E-state index in [2.05, 4.69) is 24.1 Å². The van der Waals surface area contributed by atoms with Crippen LogP contribution in [0.2, 0.25) is 0 Å². The van der Waals surface area contributed by atoms with Crippen LogP contribution in [0.4, 0.5) is 19.0 Å². The number of pyridine rings is 1. The minimum absolute atomic E-state index is 0.328. The molecular formula is C15H17F3N2. The highest BCUT2D eigenvalue weighted by Crippen LogP contribution is 2.31. The maximum Gasteiger partial charge on any atom is 0.416 e. The lowest BCUT2D eigenvalue weighted by Gasteiger charge is -2.15. The zero-order valence-corrected chi connectivity index (χ0v) is 11.5. The summed E-state index contributed by atoms with van der Waals surface area (Å²) in [6.07, 6.45) is -2.37. The van der Waals surface area contributed by atoms with Crippen molar-refractivity contribution < 1.29 is 13.2 Å². The molecule has 0 spiro atoms. The number of rotatable bonds is 4. The number of aromatic nitrogens is 1. The molecule has 1 aromatic carbocycles. The first kappa shape index (κ1) is 14.6. The second-order valence-corrected chi connectivity index (χ2v) is 4.76. The minimum Gasteiger partial charge on any atom is -0.367 e. The maximum absolute atomic E-state index is 12.6. The smallest absolute Gasteiger partial charge is 0.367 e. The fourth-order valence-electron chi connectivity index (χ4n) is 2.08. The van der Waals surface area contributed by atoms with Crippen LogP contribution in [0.25, 0.3) is 10.9 Å². The molecule has 1 heterocycles. The summed E-state index contributed by atoms with van der Waals surface area (Å²) in [5.41, 5.74) is -0.0820. The molecule has 5 heteroatoms. The van der Waals surface area contributed by atoms with Crippen molar-refractivity contribution >= 4 is 16.7 Å². The van der Waals surface area contributed by atoms with Crippen LogP contribution >= 0.6 is 0 Å². The van der Waals surface area contributed by atoms with E-state index in [1.807, 2.05) is 0 Å². The highest BCUT2D eigenvalue weighted by atomic mass is 19.4. The quantitative estimate of drug-likeness (QED) is 0.866. The molecule has 1 aromatic heterocycles. The number of alkyl halides is 3. The SMILES string of the molecule is CCC(CC)Nc1ccc2cc(C(F)(F)F)ccc2n1. The van der Waals surface area contributed by atoms with Crippen LogP contribution in [0.3, 0.4) is 0 Å². The highest BCUT2D eigenvalue weighted by molar-refractivity contribution is 5.81. The molecule has 0 amide bonds. The van der Waals surface area contributed by atoms with E-state index in [-0.39, 0.29) is 0 Å². The Labute approximate surface area is 116 Å². The van der Waals surface area contributed by atoms with Crippen molar-refractivity contribution in [1.82, 2.24) is 4.98 Å². The van der Waals surface area contributed by atoms with E-state index in [4.69, 9.17) is 0 Å². The van der Waals surface area contributed by atoms with Crippen molar-refractivity contribution in [1.29, 1.82) is 0 Å². The summed E-state index contributed by atoms with van der Waals surface area (Å²) >= 11 is 0. The van der Waals surface area contributed by atoms with Crippen molar-refractivity contribution in [2.45, 2.75) is 38.9 Å². The van der Waals surface area contributed by atoms with Gasteiger partial charge in [-0.2, -0.15) is 13.2 Å². The number of benzene rings is 1. The molecule has 20 heavy (non-hydrogen) atoms. The third-order valence-electron chi connectivity index (χ3n) is 3.35. The lowest BCUT2D eigenvalue weighted by Crippen LogP contribution is -2.17. The van der Waals surface area contributed by atoms with Gasteiger partial charge in [-0.05, 0) is 43.2 Å². The molecule has 108 valence electrons. The third kappa shape index (κ3) is 3.21. The molecule has 1 N–H and O–H groups in total. The second-order valence-electron chi connectivity index (χ2n) is 4.76. The topological polar surface area (TPSA) is 24.9 Å². The van der Waals surface area contributed by atoms with Gasteiger partial charge in [-0.25, -0.2) is 4.98 Å². The number of hydrogen-bond donors (Lipinski definition) is 1. The Morgan fingerprint density at radius 3 is 2.40 bits per heavy atom. The lowest BCUT2D eigenvalue weighted by molar-refractivity contribution is -0.137. The summed E-state index contributed by atoms with van der Waals surface area (Å²) in [6, 6.07) is 7.33. The fourth-order valence-corrected chi connectivity index (χ4v) is 2.08. The number of halogens is 3. The van der Waals surface area contributed by atoms with Crippen LogP contribution in [0.1, 0.15) is 32.3 Å². The molecule has 0 aliphatic heterocycles. The van der Waals surface area contributed by atoms with Crippen LogP contribution < -0.4 is 5.32 Å². The summed E-state index contributed by atoms with van der Waals surface area (Å²) in [6.45, 7) is 4.16. The van der Waals surface area contributed by atoms with Crippen molar-refractivity contribution in [3.8, 4) is 0 Å². The third-order valence-corrected chi connectivity index (χ3v) is 3.35. The first-order valence-electron chi connectivity index (χ1n) is 6.68. The standard InChI is InChI=1S/C15H17F3N2/c1-3-12(4-2)19-14-8-5-10-9-11(15(16,17)18)6-7-13(10)20-14/h5-9,12H,3-4H2,1-2H3,(H,19,20). The maximum atomic E-state index is 12.6. The lowest BCUT2D eigenvalue weighted by atomic mass is 10.1. The molecule has 0 saturated carbocycles. The van der Waals surface area contributed by atoms with Crippen molar-refractivity contribution in [3.05, 3.63) is 35.9 Å². The molecule has 0 atom stereocenters. The molecule has 0 fully saturated rings. The molecule has 2 rings (SSSR count). The number of nitrogens with one attached hydrogen (secondary N) is 1. The van der Waals surface area contributed by atoms with Gasteiger partial charge in [0.25, 0.3) is 0 Å². The number of hydrogen-bond acceptors (Lipinski definition) is 2. The highest BCUT2D eigenvalue weighted by Gasteiger charge is 2.30. The molecular weight excluding hydrogens is 265 g/mol. The first-order valence-corrected chi connectivity index (χ1v) is 6.68. The Hall–Kier alpha value is -1.78. The summed E-state index contributed by atoms with van der Waals surface area (Å²) in [5, 5.41) is 3.78. The predicted octanol–water partition coefficient (Wildman–Crippen LogP) is 4.85. The van der Waals surface area contributed by atoms with Crippen molar-refractivity contribution in [2.75, 3.05) is 5.32 Å². The molecule has 0 aliphatic carbocycles. The van der Waals surface area contributed by atoms with E-state index >= 15 is 0 Å². The summed E-state index contributed by atoms with van der Waals surface area (Å²) in [4.78, 5) is 4.36. The van der Waals surface area contributed by atoms with Crippen LogP contribution in [0, 0.1) is 0 Å². The Kier molecular flexibility index (Phi) is 4.16. The van der Waals surface area contributed by atoms with E-state index < -0.39 is 11.7 Å². The Balaban J connectivity index is 2.32. The van der Waals surface area contributed by atoms with Gasteiger partial charge in [0.05, 0.1) is 11.1 Å². The van der Waals surface area contributed by atoms with Gasteiger partial charge >= 0.3 is 6.18 Å². The summed E-state index contributed by atoms with van der Waals surface area (Å²) in [7, 11) is 0. The van der Waals surface area contributed by atoms with Gasteiger partial charge in [-0.15, -0.1) is 0 Å². The van der Waals surface area contributed by atoms with Gasteiger partial charge in [0, 0.05) is 11.4 Å². The zero-order chi connectivity index (χ0) is 14.8. The van der Waals surface area contributed by atoms with Gasteiger partial charge in [0.2, 0.25) is 0 Å². The van der Waals surface area contributed by atoms with Crippen LogP contribution in [0.5, 0.6) is 0 Å². The number of nitrogens with zero attached hydrogens (tertiary/aromatic N) is 1. The molecule has 0 bridgehead atoms. The summed E-state index contributed by atoms with van der Waals surface area (Å²) < 4.78 is 37.9. The average Bonchev–Trinajstić information content (AvgIpc) is 2.43. The molecule has 2 nitrogen and oxygen atoms in total. The van der Waals surface area contributed by atoms with E-state index in [9.17, 15) is 13.2 Å². The number of anilines is 1. The van der Waals surface area contributed by atoms with Gasteiger partial charge in [0.15, 0.2) is 0 Å². The molecule has 0 unspecified atom stereocenters. The van der Waals surface area contributed by atoms with Crippen LogP contribution in [-0.2, 0) is 6.18 Å². The van der Waals surface area contributed by atoms with Crippen LogP contribution in [0.15, 0.2) is 30.3 Å². The average molecular weight is 282 g/mol. The number of fused-ring (bicyclic) bond motifs is 1. The Morgan fingerprint density at radius 2 is 1.80 bits per heavy atom. The van der Waals surface area contributed by atoms with E-state index in [0.29, 0.717) is 22.8 Å². The Morgan fingerprint density at radius 1 is 1.10 bits per heavy atom. The minimum atomic E-state index is -4.32. The Bertz CT molecular complexity index is 589. The van der Waals surface area contributed by atoms with Gasteiger partial charge in [-0.1, -0.05) is 13.8 Å². The predicted molar refractivity (Wildman–Crippen MR) is 74.7 cm³/mol. The molecule has 0 aliphatic rings. The van der Waals surface area contributed by atoms with Crippen molar-refractivity contribution in [3.63, 3.8) is 0 Å². The van der Waals surface area contributed by atoms with E-state index in [0.717, 1.165) is 25.0 Å². The molecule has 0 saturated heterocycles. The van der Waals surface area contributed by atoms with E-state index in [1.165, 1.54) is 6.07 Å². The van der Waals surface area contributed by atoms with Gasteiger partial charge in [0.1, 0.15) is 5.82 Å². The summed E-state index contributed by atoms with van der Waals surface area (Å²) in [5.74, 6) is 0.700.